The Kier molecular flexibility index (Phi) is 6.94. The predicted octanol–water partition coefficient (Wildman–Crippen LogP) is 6.32. The molecule has 3 aromatic carbocycles. The van der Waals surface area contributed by atoms with Gasteiger partial charge in [-0.05, 0) is 18.2 Å². The van der Waals surface area contributed by atoms with Gasteiger partial charge in [0.1, 0.15) is 0 Å². The fourth-order valence-electron chi connectivity index (χ4n) is 3.50. The van der Waals surface area contributed by atoms with Crippen LogP contribution < -0.4 is 0 Å². The maximum absolute atomic E-state index is 12.4. The normalized spacial score (nSPS) is 11.0. The van der Waals surface area contributed by atoms with Crippen LogP contribution in [0.5, 0.6) is 0 Å². The van der Waals surface area contributed by atoms with Crippen LogP contribution in [0, 0.1) is 0 Å². The number of benzene rings is 3. The van der Waals surface area contributed by atoms with Gasteiger partial charge in [-0.1, -0.05) is 90.1 Å². The number of hydrogen-bond donors (Lipinski definition) is 0. The standard InChI is InChI=1S/C26H18ClN3O3S2/c27-23-19-13-7-8-14-21(19)35-24(23)25-28-29-26(30(25)18-11-5-2-6-12-18)34-16-22(32)33-15-20(31)17-9-3-1-4-10-17/h1-14H,15-16H2. The summed E-state index contributed by atoms with van der Waals surface area (Å²) < 4.78 is 8.12. The molecule has 0 N–H and O–H groups in total. The topological polar surface area (TPSA) is 74.1 Å². The van der Waals surface area contributed by atoms with Crippen LogP contribution in [0.1, 0.15) is 10.4 Å². The molecule has 0 saturated carbocycles. The number of carbonyl (C=O) groups excluding carboxylic acids is 2. The number of halogens is 1. The highest BCUT2D eigenvalue weighted by Crippen LogP contribution is 2.42. The monoisotopic (exact) mass is 519 g/mol. The summed E-state index contributed by atoms with van der Waals surface area (Å²) >= 11 is 9.46. The third-order valence-electron chi connectivity index (χ3n) is 5.16. The highest BCUT2D eigenvalue weighted by molar-refractivity contribution is 7.99. The van der Waals surface area contributed by atoms with Crippen molar-refractivity contribution in [2.75, 3.05) is 12.4 Å². The van der Waals surface area contributed by atoms with Gasteiger partial charge in [-0.15, -0.1) is 21.5 Å². The van der Waals surface area contributed by atoms with E-state index in [1.165, 1.54) is 23.1 Å². The van der Waals surface area contributed by atoms with E-state index >= 15 is 0 Å². The van der Waals surface area contributed by atoms with Crippen molar-refractivity contribution in [1.29, 1.82) is 0 Å². The summed E-state index contributed by atoms with van der Waals surface area (Å²) in [6.07, 6.45) is 0. The van der Waals surface area contributed by atoms with E-state index in [0.29, 0.717) is 21.6 Å². The molecule has 0 unspecified atom stereocenters. The van der Waals surface area contributed by atoms with Gasteiger partial charge in [0, 0.05) is 21.3 Å². The van der Waals surface area contributed by atoms with Crippen LogP contribution in [-0.4, -0.2) is 38.9 Å². The SMILES string of the molecule is O=C(CSc1nnc(-c2sc3ccccc3c2Cl)n1-c1ccccc1)OCC(=O)c1ccccc1. The summed E-state index contributed by atoms with van der Waals surface area (Å²) in [6.45, 7) is -0.308. The van der Waals surface area contributed by atoms with Gasteiger partial charge < -0.3 is 4.74 Å². The van der Waals surface area contributed by atoms with Crippen LogP contribution in [-0.2, 0) is 9.53 Å². The van der Waals surface area contributed by atoms with E-state index < -0.39 is 5.97 Å². The highest BCUT2D eigenvalue weighted by Gasteiger charge is 2.22. The zero-order chi connectivity index (χ0) is 24.2. The van der Waals surface area contributed by atoms with E-state index in [1.54, 1.807) is 24.3 Å². The number of Topliss-reactive ketones (excluding diaryl/α,β-unsaturated/α-hetero) is 1. The molecule has 2 aromatic heterocycles. The number of aromatic nitrogens is 3. The second kappa shape index (κ2) is 10.4. The minimum atomic E-state index is -0.511. The van der Waals surface area contributed by atoms with Gasteiger partial charge in [0.25, 0.3) is 0 Å². The van der Waals surface area contributed by atoms with Gasteiger partial charge in [0.15, 0.2) is 23.4 Å². The number of thioether (sulfide) groups is 1. The lowest BCUT2D eigenvalue weighted by molar-refractivity contribution is -0.139. The van der Waals surface area contributed by atoms with Gasteiger partial charge >= 0.3 is 5.97 Å². The van der Waals surface area contributed by atoms with Crippen LogP contribution >= 0.6 is 34.7 Å². The lowest BCUT2D eigenvalue weighted by Gasteiger charge is -2.09. The van der Waals surface area contributed by atoms with Gasteiger partial charge in [-0.3, -0.25) is 14.2 Å². The highest BCUT2D eigenvalue weighted by atomic mass is 35.5. The van der Waals surface area contributed by atoms with Crippen molar-refractivity contribution in [3.8, 4) is 16.4 Å². The van der Waals surface area contributed by atoms with Crippen molar-refractivity contribution >= 4 is 56.5 Å². The average Bonchev–Trinajstić information content (AvgIpc) is 3.48. The smallest absolute Gasteiger partial charge is 0.316 e. The molecule has 0 spiro atoms. The number of ketones is 1. The Bertz CT molecular complexity index is 1500. The van der Waals surface area contributed by atoms with E-state index in [4.69, 9.17) is 16.3 Å². The van der Waals surface area contributed by atoms with Gasteiger partial charge in [-0.2, -0.15) is 0 Å². The quantitative estimate of drug-likeness (QED) is 0.136. The summed E-state index contributed by atoms with van der Waals surface area (Å²) in [5.41, 5.74) is 1.35. The summed E-state index contributed by atoms with van der Waals surface area (Å²) in [5, 5.41) is 10.9. The Balaban J connectivity index is 1.37. The molecule has 5 aromatic rings. The zero-order valence-corrected chi connectivity index (χ0v) is 20.6. The Morgan fingerprint density at radius 2 is 1.60 bits per heavy atom. The molecule has 9 heteroatoms. The molecule has 35 heavy (non-hydrogen) atoms. The molecule has 0 aliphatic heterocycles. The summed E-state index contributed by atoms with van der Waals surface area (Å²) in [4.78, 5) is 25.4. The molecule has 5 rings (SSSR count). The fraction of sp³-hybridized carbons (Fsp3) is 0.0769. The van der Waals surface area contributed by atoms with Crippen LogP contribution in [0.2, 0.25) is 5.02 Å². The van der Waals surface area contributed by atoms with Crippen LogP contribution in [0.3, 0.4) is 0 Å². The van der Waals surface area contributed by atoms with Crippen LogP contribution in [0.4, 0.5) is 0 Å². The predicted molar refractivity (Wildman–Crippen MR) is 140 cm³/mol. The average molecular weight is 520 g/mol. The minimum Gasteiger partial charge on any atom is -0.457 e. The number of thiophene rings is 1. The molecular weight excluding hydrogens is 502 g/mol. The number of nitrogens with zero attached hydrogens (tertiary/aromatic N) is 3. The van der Waals surface area contributed by atoms with E-state index in [1.807, 2.05) is 65.2 Å². The number of carbonyl (C=O) groups is 2. The van der Waals surface area contributed by atoms with Crippen molar-refractivity contribution in [2.45, 2.75) is 5.16 Å². The van der Waals surface area contributed by atoms with Crippen molar-refractivity contribution in [3.63, 3.8) is 0 Å². The lowest BCUT2D eigenvalue weighted by atomic mass is 10.1. The summed E-state index contributed by atoms with van der Waals surface area (Å²) in [7, 11) is 0. The number of fused-ring (bicyclic) bond motifs is 1. The first-order chi connectivity index (χ1) is 17.1. The van der Waals surface area contributed by atoms with Gasteiger partial charge in [0.05, 0.1) is 15.7 Å². The Morgan fingerprint density at radius 3 is 2.34 bits per heavy atom. The zero-order valence-electron chi connectivity index (χ0n) is 18.3. The Labute approximate surface area is 214 Å². The van der Waals surface area contributed by atoms with Crippen LogP contribution in [0.15, 0.2) is 90.1 Å². The molecule has 6 nitrogen and oxygen atoms in total. The van der Waals surface area contributed by atoms with E-state index in [9.17, 15) is 9.59 Å². The van der Waals surface area contributed by atoms with Crippen molar-refractivity contribution in [3.05, 3.63) is 95.5 Å². The van der Waals surface area contributed by atoms with E-state index in [2.05, 4.69) is 10.2 Å². The fourth-order valence-corrected chi connectivity index (χ4v) is 5.74. The molecule has 0 fully saturated rings. The van der Waals surface area contributed by atoms with Gasteiger partial charge in [0.2, 0.25) is 0 Å². The maximum atomic E-state index is 12.4. The molecule has 0 atom stereocenters. The van der Waals surface area contributed by atoms with Crippen molar-refractivity contribution in [1.82, 2.24) is 14.8 Å². The van der Waals surface area contributed by atoms with Crippen LogP contribution in [0.25, 0.3) is 26.5 Å². The second-order valence-corrected chi connectivity index (χ2v) is 9.83. The number of para-hydroxylation sites is 1. The summed E-state index contributed by atoms with van der Waals surface area (Å²) in [5.74, 6) is -0.188. The number of hydrogen-bond acceptors (Lipinski definition) is 7. The molecule has 0 bridgehead atoms. The maximum Gasteiger partial charge on any atom is 0.316 e. The summed E-state index contributed by atoms with van der Waals surface area (Å²) in [6, 6.07) is 26.3. The molecular formula is C26H18ClN3O3S2. The number of rotatable bonds is 8. The lowest BCUT2D eigenvalue weighted by Crippen LogP contribution is -2.15. The van der Waals surface area contributed by atoms with Crippen molar-refractivity contribution < 1.29 is 14.3 Å². The molecule has 174 valence electrons. The first-order valence-corrected chi connectivity index (χ1v) is 12.8. The Morgan fingerprint density at radius 1 is 0.914 bits per heavy atom. The molecule has 0 radical (unpaired) electrons. The molecule has 0 aliphatic rings. The third kappa shape index (κ3) is 5.00. The first-order valence-electron chi connectivity index (χ1n) is 10.7. The Hall–Kier alpha value is -3.46. The number of esters is 1. The molecule has 0 saturated heterocycles. The van der Waals surface area contributed by atoms with E-state index in [0.717, 1.165) is 20.7 Å². The van der Waals surface area contributed by atoms with Crippen molar-refractivity contribution in [2.24, 2.45) is 0 Å². The third-order valence-corrected chi connectivity index (χ3v) is 7.74. The molecule has 0 aliphatic carbocycles. The second-order valence-electron chi connectivity index (χ2n) is 7.46. The molecule has 2 heterocycles. The van der Waals surface area contributed by atoms with Gasteiger partial charge in [-0.25, -0.2) is 0 Å². The minimum absolute atomic E-state index is 0.0207. The van der Waals surface area contributed by atoms with E-state index in [-0.39, 0.29) is 18.1 Å². The first kappa shape index (κ1) is 23.3. The largest absolute Gasteiger partial charge is 0.457 e. The number of ether oxygens (including phenoxy) is 1. The molecule has 0 amide bonds.